The van der Waals surface area contributed by atoms with Crippen molar-refractivity contribution < 1.29 is 9.59 Å². The molecule has 0 saturated carbocycles. The topological polar surface area (TPSA) is 70.2 Å². The van der Waals surface area contributed by atoms with E-state index in [9.17, 15) is 9.59 Å². The Hall–Kier alpha value is -2.96. The lowest BCUT2D eigenvalue weighted by atomic mass is 10.1. The Morgan fingerprint density at radius 3 is 2.41 bits per heavy atom. The number of carbonyl (C=O) groups excluding carboxylic acids is 2. The standard InChI is InChI=1S/C23H25N3O2S/c1-16-8-6-11-19(17(16)2)26-22(28)15-24-21(27)14-25-23(20-12-7-13-29-20)18-9-4-3-5-10-18/h3-13,23,25H,14-15H2,1-2H3,(H,24,27)(H,26,28)/t23-/m1/s1. The monoisotopic (exact) mass is 407 g/mol. The molecule has 1 aromatic heterocycles. The first-order chi connectivity index (χ1) is 14.0. The fourth-order valence-corrected chi connectivity index (χ4v) is 3.83. The molecule has 1 heterocycles. The van der Waals surface area contributed by atoms with Crippen molar-refractivity contribution in [3.8, 4) is 0 Å². The van der Waals surface area contributed by atoms with E-state index in [1.54, 1.807) is 11.3 Å². The Morgan fingerprint density at radius 1 is 0.897 bits per heavy atom. The van der Waals surface area contributed by atoms with Crippen molar-refractivity contribution in [1.29, 1.82) is 0 Å². The molecular formula is C23H25N3O2S. The third-order valence-electron chi connectivity index (χ3n) is 4.75. The summed E-state index contributed by atoms with van der Waals surface area (Å²) in [6, 6.07) is 19.7. The highest BCUT2D eigenvalue weighted by Gasteiger charge is 2.16. The van der Waals surface area contributed by atoms with Crippen molar-refractivity contribution >= 4 is 28.8 Å². The number of nitrogens with one attached hydrogen (secondary N) is 3. The maximum atomic E-state index is 12.3. The minimum atomic E-state index is -0.245. The smallest absolute Gasteiger partial charge is 0.243 e. The van der Waals surface area contributed by atoms with Gasteiger partial charge in [0.15, 0.2) is 0 Å². The normalized spacial score (nSPS) is 11.7. The maximum Gasteiger partial charge on any atom is 0.243 e. The summed E-state index contributed by atoms with van der Waals surface area (Å²) in [6.07, 6.45) is 0. The summed E-state index contributed by atoms with van der Waals surface area (Å²) in [5.74, 6) is -0.469. The van der Waals surface area contributed by atoms with Gasteiger partial charge in [0.05, 0.1) is 19.1 Å². The second kappa shape index (κ2) is 10.0. The minimum Gasteiger partial charge on any atom is -0.346 e. The molecular weight excluding hydrogens is 382 g/mol. The maximum absolute atomic E-state index is 12.3. The Bertz CT molecular complexity index is 956. The Kier molecular flexibility index (Phi) is 7.16. The molecule has 0 unspecified atom stereocenters. The van der Waals surface area contributed by atoms with E-state index >= 15 is 0 Å². The number of aryl methyl sites for hydroxylation is 1. The molecule has 0 fully saturated rings. The lowest BCUT2D eigenvalue weighted by molar-refractivity contribution is -0.123. The molecule has 0 bridgehead atoms. The second-order valence-corrected chi connectivity index (χ2v) is 7.79. The van der Waals surface area contributed by atoms with E-state index in [4.69, 9.17) is 0 Å². The fourth-order valence-electron chi connectivity index (χ4n) is 3.00. The van der Waals surface area contributed by atoms with E-state index in [0.29, 0.717) is 0 Å². The molecule has 0 spiro atoms. The first kappa shape index (κ1) is 20.8. The number of thiophene rings is 1. The number of benzene rings is 2. The van der Waals surface area contributed by atoms with Gasteiger partial charge in [-0.05, 0) is 48.1 Å². The Labute approximate surface area is 175 Å². The van der Waals surface area contributed by atoms with Gasteiger partial charge in [-0.15, -0.1) is 11.3 Å². The van der Waals surface area contributed by atoms with Gasteiger partial charge in [-0.1, -0.05) is 48.5 Å². The highest BCUT2D eigenvalue weighted by Crippen LogP contribution is 2.25. The highest BCUT2D eigenvalue weighted by atomic mass is 32.1. The zero-order valence-corrected chi connectivity index (χ0v) is 17.4. The van der Waals surface area contributed by atoms with Crippen LogP contribution in [0.4, 0.5) is 5.69 Å². The molecule has 150 valence electrons. The van der Waals surface area contributed by atoms with Crippen LogP contribution in [0.2, 0.25) is 0 Å². The molecule has 0 saturated heterocycles. The summed E-state index contributed by atoms with van der Waals surface area (Å²) in [5, 5.41) is 10.8. The van der Waals surface area contributed by atoms with Gasteiger partial charge in [-0.3, -0.25) is 14.9 Å². The van der Waals surface area contributed by atoms with Crippen LogP contribution < -0.4 is 16.0 Å². The first-order valence-corrected chi connectivity index (χ1v) is 10.4. The van der Waals surface area contributed by atoms with Crippen LogP contribution in [0.3, 0.4) is 0 Å². The quantitative estimate of drug-likeness (QED) is 0.532. The number of anilines is 1. The summed E-state index contributed by atoms with van der Waals surface area (Å²) in [6.45, 7) is 4.01. The number of carbonyl (C=O) groups is 2. The predicted molar refractivity (Wildman–Crippen MR) is 118 cm³/mol. The second-order valence-electron chi connectivity index (χ2n) is 6.81. The highest BCUT2D eigenvalue weighted by molar-refractivity contribution is 7.10. The third kappa shape index (κ3) is 5.76. The average Bonchev–Trinajstić information content (AvgIpc) is 3.25. The van der Waals surface area contributed by atoms with E-state index in [2.05, 4.69) is 16.0 Å². The largest absolute Gasteiger partial charge is 0.346 e. The molecule has 2 aromatic carbocycles. The van der Waals surface area contributed by atoms with Crippen molar-refractivity contribution in [2.45, 2.75) is 19.9 Å². The minimum absolute atomic E-state index is 0.0641. The molecule has 6 heteroatoms. The van der Waals surface area contributed by atoms with Crippen molar-refractivity contribution in [3.05, 3.63) is 87.6 Å². The zero-order chi connectivity index (χ0) is 20.6. The molecule has 5 nitrogen and oxygen atoms in total. The van der Waals surface area contributed by atoms with Crippen LogP contribution in [0.25, 0.3) is 0 Å². The lowest BCUT2D eigenvalue weighted by Gasteiger charge is -2.18. The molecule has 3 aromatic rings. The van der Waals surface area contributed by atoms with Crippen LogP contribution in [-0.2, 0) is 9.59 Å². The number of hydrogen-bond donors (Lipinski definition) is 3. The summed E-state index contributed by atoms with van der Waals surface area (Å²) in [4.78, 5) is 25.6. The van der Waals surface area contributed by atoms with Crippen LogP contribution in [0.15, 0.2) is 66.0 Å². The third-order valence-corrected chi connectivity index (χ3v) is 5.69. The molecule has 1 atom stereocenters. The molecule has 3 N–H and O–H groups in total. The van der Waals surface area contributed by atoms with E-state index < -0.39 is 0 Å². The Balaban J connectivity index is 1.52. The molecule has 0 aliphatic rings. The number of amides is 2. The van der Waals surface area contributed by atoms with E-state index in [1.165, 1.54) is 0 Å². The lowest BCUT2D eigenvalue weighted by Crippen LogP contribution is -2.39. The van der Waals surface area contributed by atoms with Crippen molar-refractivity contribution in [3.63, 3.8) is 0 Å². The molecule has 0 radical (unpaired) electrons. The molecule has 0 aliphatic heterocycles. The van der Waals surface area contributed by atoms with Gasteiger partial charge < -0.3 is 10.6 Å². The van der Waals surface area contributed by atoms with Gasteiger partial charge in [0.1, 0.15) is 0 Å². The molecule has 29 heavy (non-hydrogen) atoms. The van der Waals surface area contributed by atoms with Gasteiger partial charge in [-0.25, -0.2) is 0 Å². The summed E-state index contributed by atoms with van der Waals surface area (Å²) < 4.78 is 0. The van der Waals surface area contributed by atoms with E-state index in [0.717, 1.165) is 27.3 Å². The van der Waals surface area contributed by atoms with Crippen molar-refractivity contribution in [2.75, 3.05) is 18.4 Å². The summed E-state index contributed by atoms with van der Waals surface area (Å²) >= 11 is 1.64. The van der Waals surface area contributed by atoms with Crippen LogP contribution in [0.5, 0.6) is 0 Å². The first-order valence-electron chi connectivity index (χ1n) is 9.49. The summed E-state index contributed by atoms with van der Waals surface area (Å²) in [5.41, 5.74) is 3.99. The number of hydrogen-bond acceptors (Lipinski definition) is 4. The predicted octanol–water partition coefficient (Wildman–Crippen LogP) is 3.80. The zero-order valence-electron chi connectivity index (χ0n) is 16.6. The van der Waals surface area contributed by atoms with Gasteiger partial charge in [0.2, 0.25) is 11.8 Å². The molecule has 3 rings (SSSR count). The molecule has 0 aliphatic carbocycles. The van der Waals surface area contributed by atoms with Crippen LogP contribution in [0.1, 0.15) is 27.6 Å². The fraction of sp³-hybridized carbons (Fsp3) is 0.217. The SMILES string of the molecule is Cc1cccc(NC(=O)CNC(=O)CN[C@H](c2ccccc2)c2cccs2)c1C. The molecule has 2 amide bonds. The van der Waals surface area contributed by atoms with Gasteiger partial charge in [-0.2, -0.15) is 0 Å². The van der Waals surface area contributed by atoms with Gasteiger partial charge in [0.25, 0.3) is 0 Å². The Morgan fingerprint density at radius 2 is 1.69 bits per heavy atom. The summed E-state index contributed by atoms with van der Waals surface area (Å²) in [7, 11) is 0. The van der Waals surface area contributed by atoms with Crippen LogP contribution >= 0.6 is 11.3 Å². The average molecular weight is 408 g/mol. The van der Waals surface area contributed by atoms with Gasteiger partial charge >= 0.3 is 0 Å². The van der Waals surface area contributed by atoms with Crippen molar-refractivity contribution in [1.82, 2.24) is 10.6 Å². The van der Waals surface area contributed by atoms with Crippen LogP contribution in [0, 0.1) is 13.8 Å². The number of rotatable bonds is 8. The van der Waals surface area contributed by atoms with Gasteiger partial charge in [0, 0.05) is 10.6 Å². The van der Waals surface area contributed by atoms with E-state index in [1.807, 2.05) is 79.9 Å². The van der Waals surface area contributed by atoms with E-state index in [-0.39, 0.29) is 30.9 Å². The van der Waals surface area contributed by atoms with Crippen LogP contribution in [-0.4, -0.2) is 24.9 Å². The van der Waals surface area contributed by atoms with Crippen molar-refractivity contribution in [2.24, 2.45) is 0 Å².